The molecule has 0 aromatic carbocycles. The molecular weight excluding hydrogens is 496 g/mol. The van der Waals surface area contributed by atoms with Gasteiger partial charge in [0, 0.05) is 36.2 Å². The van der Waals surface area contributed by atoms with Crippen LogP contribution in [0.2, 0.25) is 5.02 Å². The average molecular weight is 523 g/mol. The highest BCUT2D eigenvalue weighted by Gasteiger charge is 2.56. The average Bonchev–Trinajstić information content (AvgIpc) is 3.51. The van der Waals surface area contributed by atoms with Crippen molar-refractivity contribution in [2.75, 3.05) is 23.4 Å². The molecule has 2 N–H and O–H groups in total. The Morgan fingerprint density at radius 2 is 1.88 bits per heavy atom. The van der Waals surface area contributed by atoms with E-state index in [1.165, 1.54) is 0 Å². The van der Waals surface area contributed by atoms with Gasteiger partial charge >= 0.3 is 0 Å². The van der Waals surface area contributed by atoms with Gasteiger partial charge in [-0.2, -0.15) is 9.35 Å². The largest absolute Gasteiger partial charge is 0.394 e. The van der Waals surface area contributed by atoms with Crippen LogP contribution in [-0.2, 0) is 26.9 Å². The Labute approximate surface area is 206 Å². The Balaban J connectivity index is 1.30. The van der Waals surface area contributed by atoms with Crippen LogP contribution in [-0.4, -0.2) is 61.9 Å². The number of nitrogens with one attached hydrogen (secondary N) is 1. The molecule has 3 fully saturated rings. The minimum Gasteiger partial charge on any atom is -0.394 e. The summed E-state index contributed by atoms with van der Waals surface area (Å²) in [4.78, 5) is 18.5. The van der Waals surface area contributed by atoms with Gasteiger partial charge in [-0.05, 0) is 44.9 Å². The third-order valence-electron chi connectivity index (χ3n) is 7.62. The van der Waals surface area contributed by atoms with Gasteiger partial charge in [0.1, 0.15) is 16.5 Å². The normalized spacial score (nSPS) is 30.4. The van der Waals surface area contributed by atoms with Crippen molar-refractivity contribution in [3.63, 3.8) is 0 Å². The molecule has 34 heavy (non-hydrogen) atoms. The first kappa shape index (κ1) is 22.8. The number of rotatable bonds is 5. The molecule has 1 unspecified atom stereocenters. The van der Waals surface area contributed by atoms with E-state index in [-0.39, 0.29) is 23.2 Å². The van der Waals surface area contributed by atoms with Crippen LogP contribution in [0.15, 0.2) is 21.7 Å². The van der Waals surface area contributed by atoms with Crippen LogP contribution >= 0.6 is 11.6 Å². The van der Waals surface area contributed by atoms with Crippen LogP contribution in [0.25, 0.3) is 0 Å². The maximum Gasteiger partial charge on any atom is 0.259 e. The van der Waals surface area contributed by atoms with E-state index in [1.54, 1.807) is 12.4 Å². The molecular formula is C22H27ClN6O3S2. The fourth-order valence-electron chi connectivity index (χ4n) is 5.12. The highest BCUT2D eigenvalue weighted by molar-refractivity contribution is 7.93. The van der Waals surface area contributed by atoms with Crippen molar-refractivity contribution in [3.8, 4) is 0 Å². The van der Waals surface area contributed by atoms with Gasteiger partial charge in [0.05, 0.1) is 48.1 Å². The predicted molar refractivity (Wildman–Crippen MR) is 130 cm³/mol. The van der Waals surface area contributed by atoms with E-state index in [0.717, 1.165) is 43.6 Å². The number of hydrogen-bond donors (Lipinski definition) is 2. The molecule has 2 aromatic heterocycles. The number of fused-ring (bicyclic) bond motifs is 1. The molecule has 2 saturated carbocycles. The van der Waals surface area contributed by atoms with Gasteiger partial charge in [0.15, 0.2) is 0 Å². The zero-order valence-corrected chi connectivity index (χ0v) is 21.1. The summed E-state index contributed by atoms with van der Waals surface area (Å²) in [6.45, 7) is -0.0130. The number of aliphatic hydroxyl groups is 1. The lowest BCUT2D eigenvalue weighted by Crippen LogP contribution is -2.48. The van der Waals surface area contributed by atoms with Gasteiger partial charge in [-0.1, -0.05) is 11.6 Å². The lowest BCUT2D eigenvalue weighted by atomic mass is 9.77. The molecule has 0 bridgehead atoms. The Morgan fingerprint density at radius 1 is 1.18 bits per heavy atom. The van der Waals surface area contributed by atoms with E-state index in [4.69, 9.17) is 11.6 Å². The number of aliphatic hydroxyl groups excluding tert-OH is 1. The summed E-state index contributed by atoms with van der Waals surface area (Å²) in [6, 6.07) is 0. The predicted octanol–water partition coefficient (Wildman–Crippen LogP) is 3.12. The second-order valence-electron chi connectivity index (χ2n) is 10.00. The number of nitrogens with zero attached hydrogens (tertiary/aromatic N) is 5. The molecule has 2 aromatic rings. The fraction of sp³-hybridized carbons (Fsp3) is 0.636. The Kier molecular flexibility index (Phi) is 5.47. The maximum absolute atomic E-state index is 13.6. The Morgan fingerprint density at radius 3 is 2.47 bits per heavy atom. The van der Waals surface area contributed by atoms with Crippen molar-refractivity contribution < 1.29 is 13.5 Å². The summed E-state index contributed by atoms with van der Waals surface area (Å²) >= 11 is 5.89. The topological polar surface area (TPSA) is 130 Å². The van der Waals surface area contributed by atoms with Crippen molar-refractivity contribution in [2.45, 2.75) is 72.5 Å². The van der Waals surface area contributed by atoms with Crippen molar-refractivity contribution in [2.24, 2.45) is 4.36 Å². The van der Waals surface area contributed by atoms with Gasteiger partial charge in [0.2, 0.25) is 0 Å². The fourth-order valence-corrected chi connectivity index (χ4v) is 9.07. The van der Waals surface area contributed by atoms with Crippen LogP contribution in [0.5, 0.6) is 0 Å². The van der Waals surface area contributed by atoms with Gasteiger partial charge in [0.25, 0.3) is 5.95 Å². The Bertz CT molecular complexity index is 1270. The van der Waals surface area contributed by atoms with E-state index in [9.17, 15) is 13.5 Å². The summed E-state index contributed by atoms with van der Waals surface area (Å²) in [5.74, 6) is 2.37. The standard InChI is InChI=1S/C22H27ClN6O3S2/c23-15-11-24-18(25-12-15)14-2-8-34(32,9-3-14)29-20-26-16-10-22(6-7-22)33(31)17(16)19(27-20)28-21(13-30)4-1-5-21/h11-12,14,30H,1-10,13H2,(H,26,27,28). The van der Waals surface area contributed by atoms with Crippen molar-refractivity contribution >= 4 is 43.9 Å². The van der Waals surface area contributed by atoms with Gasteiger partial charge < -0.3 is 10.4 Å². The molecule has 0 amide bonds. The summed E-state index contributed by atoms with van der Waals surface area (Å²) < 4.78 is 31.2. The molecule has 6 rings (SSSR count). The second-order valence-corrected chi connectivity index (χ2v) is 14.8. The zero-order valence-electron chi connectivity index (χ0n) is 18.7. The van der Waals surface area contributed by atoms with Gasteiger partial charge in [-0.3, -0.25) is 4.21 Å². The van der Waals surface area contributed by atoms with Gasteiger partial charge in [-0.25, -0.2) is 19.2 Å². The molecule has 2 aliphatic carbocycles. The van der Waals surface area contributed by atoms with E-state index in [1.807, 2.05) is 0 Å². The van der Waals surface area contributed by atoms with Crippen LogP contribution in [0.1, 0.15) is 62.4 Å². The highest BCUT2D eigenvalue weighted by Crippen LogP contribution is 2.54. The third-order valence-corrected chi connectivity index (χ3v) is 12.2. The monoisotopic (exact) mass is 522 g/mol. The van der Waals surface area contributed by atoms with Gasteiger partial charge in [-0.15, -0.1) is 0 Å². The van der Waals surface area contributed by atoms with Crippen molar-refractivity contribution in [3.05, 3.63) is 28.9 Å². The molecule has 4 aliphatic rings. The second kappa shape index (κ2) is 8.18. The van der Waals surface area contributed by atoms with Crippen molar-refractivity contribution in [1.82, 2.24) is 19.9 Å². The number of aromatic nitrogens is 4. The molecule has 1 atom stereocenters. The smallest absolute Gasteiger partial charge is 0.259 e. The first-order valence-corrected chi connectivity index (χ1v) is 15.1. The SMILES string of the molecule is O=S1c2c(nc(N=S3(=O)CCC(c4ncc(Cl)cn4)CC3)nc2NC2(CO)CCC2)CC12CC2. The van der Waals surface area contributed by atoms with E-state index < -0.39 is 26.1 Å². The third kappa shape index (κ3) is 3.94. The lowest BCUT2D eigenvalue weighted by Gasteiger charge is -2.41. The summed E-state index contributed by atoms with van der Waals surface area (Å²) in [7, 11) is -3.71. The number of anilines is 1. The lowest BCUT2D eigenvalue weighted by molar-refractivity contribution is 0.143. The quantitative estimate of drug-likeness (QED) is 0.612. The molecule has 0 radical (unpaired) electrons. The molecule has 9 nitrogen and oxygen atoms in total. The van der Waals surface area contributed by atoms with Crippen molar-refractivity contribution in [1.29, 1.82) is 0 Å². The van der Waals surface area contributed by atoms with E-state index in [0.29, 0.717) is 46.5 Å². The van der Waals surface area contributed by atoms with Crippen LogP contribution in [0, 0.1) is 0 Å². The minimum absolute atomic E-state index is 0.0130. The van der Waals surface area contributed by atoms with Crippen LogP contribution < -0.4 is 5.32 Å². The van der Waals surface area contributed by atoms with Crippen LogP contribution in [0.3, 0.4) is 0 Å². The summed E-state index contributed by atoms with van der Waals surface area (Å²) in [5, 5.41) is 13.8. The van der Waals surface area contributed by atoms with E-state index in [2.05, 4.69) is 29.6 Å². The van der Waals surface area contributed by atoms with Crippen LogP contribution in [0.4, 0.5) is 11.8 Å². The Hall–Kier alpha value is -1.69. The summed E-state index contributed by atoms with van der Waals surface area (Å²) in [5.41, 5.74) is 0.299. The number of hydrogen-bond acceptors (Lipinski definition) is 9. The first-order valence-electron chi connectivity index (χ1n) is 11.7. The number of halogens is 1. The molecule has 182 valence electrons. The maximum atomic E-state index is 13.6. The molecule has 1 spiro atoms. The zero-order chi connectivity index (χ0) is 23.6. The van der Waals surface area contributed by atoms with E-state index >= 15 is 0 Å². The molecule has 1 saturated heterocycles. The highest BCUT2D eigenvalue weighted by atomic mass is 35.5. The molecule has 12 heteroatoms. The molecule has 2 aliphatic heterocycles. The first-order chi connectivity index (χ1) is 16.3. The minimum atomic E-state index is -2.53. The molecule has 4 heterocycles. The summed E-state index contributed by atoms with van der Waals surface area (Å²) in [6.07, 6.45) is 9.66.